The van der Waals surface area contributed by atoms with Gasteiger partial charge in [0.1, 0.15) is 6.04 Å². The van der Waals surface area contributed by atoms with Crippen molar-refractivity contribution in [2.75, 3.05) is 0 Å². The third kappa shape index (κ3) is 3.85. The summed E-state index contributed by atoms with van der Waals surface area (Å²) in [7, 11) is 0. The number of aliphatic hydroxyl groups excluding tert-OH is 1. The SMILES string of the molecule is CCCC(NC(=O)c1ccc(CO)cc1)C(N)=O. The normalized spacial score (nSPS) is 11.9. The van der Waals surface area contributed by atoms with E-state index in [9.17, 15) is 9.59 Å². The van der Waals surface area contributed by atoms with Crippen molar-refractivity contribution in [3.63, 3.8) is 0 Å². The number of carbonyl (C=O) groups excluding carboxylic acids is 2. The molecule has 0 saturated heterocycles. The fourth-order valence-corrected chi connectivity index (χ4v) is 1.58. The summed E-state index contributed by atoms with van der Waals surface area (Å²) in [5, 5.41) is 11.5. The Morgan fingerprint density at radius 1 is 1.33 bits per heavy atom. The van der Waals surface area contributed by atoms with E-state index in [1.54, 1.807) is 24.3 Å². The maximum atomic E-state index is 11.9. The van der Waals surface area contributed by atoms with E-state index in [2.05, 4.69) is 5.32 Å². The summed E-state index contributed by atoms with van der Waals surface area (Å²) in [5.41, 5.74) is 6.38. The standard InChI is InChI=1S/C13H18N2O3/c1-2-3-11(12(14)17)15-13(18)10-6-4-9(8-16)5-7-10/h4-7,11,16H,2-3,8H2,1H3,(H2,14,17)(H,15,18). The van der Waals surface area contributed by atoms with E-state index < -0.39 is 11.9 Å². The minimum absolute atomic E-state index is 0.0678. The summed E-state index contributed by atoms with van der Waals surface area (Å²) < 4.78 is 0. The van der Waals surface area contributed by atoms with Crippen LogP contribution in [0.1, 0.15) is 35.7 Å². The number of amides is 2. The summed E-state index contributed by atoms with van der Waals surface area (Å²) in [6, 6.07) is 5.89. The lowest BCUT2D eigenvalue weighted by Crippen LogP contribution is -2.44. The van der Waals surface area contributed by atoms with Gasteiger partial charge < -0.3 is 16.2 Å². The molecule has 0 aliphatic heterocycles. The highest BCUT2D eigenvalue weighted by molar-refractivity contribution is 5.97. The molecule has 5 nitrogen and oxygen atoms in total. The van der Waals surface area contributed by atoms with E-state index in [1.807, 2.05) is 6.92 Å². The van der Waals surface area contributed by atoms with Gasteiger partial charge in [0, 0.05) is 5.56 Å². The number of rotatable bonds is 6. The maximum absolute atomic E-state index is 11.9. The molecule has 0 heterocycles. The van der Waals surface area contributed by atoms with Gasteiger partial charge in [-0.25, -0.2) is 0 Å². The Hall–Kier alpha value is -1.88. The van der Waals surface area contributed by atoms with Crippen molar-refractivity contribution in [2.24, 2.45) is 5.73 Å². The van der Waals surface area contributed by atoms with Gasteiger partial charge in [-0.05, 0) is 24.1 Å². The first-order chi connectivity index (χ1) is 8.58. The minimum Gasteiger partial charge on any atom is -0.392 e. The van der Waals surface area contributed by atoms with Crippen molar-refractivity contribution >= 4 is 11.8 Å². The third-order valence-electron chi connectivity index (χ3n) is 2.62. The second kappa shape index (κ2) is 6.76. The largest absolute Gasteiger partial charge is 0.392 e. The molecule has 98 valence electrons. The monoisotopic (exact) mass is 250 g/mol. The Balaban J connectivity index is 2.70. The van der Waals surface area contributed by atoms with Crippen LogP contribution in [0, 0.1) is 0 Å². The number of benzene rings is 1. The smallest absolute Gasteiger partial charge is 0.251 e. The summed E-state index contributed by atoms with van der Waals surface area (Å²) in [6.07, 6.45) is 1.28. The molecule has 18 heavy (non-hydrogen) atoms. The van der Waals surface area contributed by atoms with E-state index in [0.717, 1.165) is 12.0 Å². The van der Waals surface area contributed by atoms with Gasteiger partial charge >= 0.3 is 0 Å². The number of aliphatic hydroxyl groups is 1. The first-order valence-electron chi connectivity index (χ1n) is 5.88. The van der Waals surface area contributed by atoms with Crippen LogP contribution in [-0.4, -0.2) is 23.0 Å². The molecule has 1 unspecified atom stereocenters. The van der Waals surface area contributed by atoms with Crippen molar-refractivity contribution < 1.29 is 14.7 Å². The van der Waals surface area contributed by atoms with Gasteiger partial charge in [-0.15, -0.1) is 0 Å². The minimum atomic E-state index is -0.639. The fourth-order valence-electron chi connectivity index (χ4n) is 1.58. The molecule has 0 radical (unpaired) electrons. The first-order valence-corrected chi connectivity index (χ1v) is 5.88. The summed E-state index contributed by atoms with van der Waals surface area (Å²) >= 11 is 0. The molecule has 0 saturated carbocycles. The number of hydrogen-bond donors (Lipinski definition) is 3. The summed E-state index contributed by atoms with van der Waals surface area (Å²) in [6.45, 7) is 1.85. The molecule has 2 amide bonds. The van der Waals surface area contributed by atoms with Gasteiger partial charge in [0.15, 0.2) is 0 Å². The lowest BCUT2D eigenvalue weighted by atomic mass is 10.1. The number of nitrogens with two attached hydrogens (primary N) is 1. The summed E-state index contributed by atoms with van der Waals surface area (Å²) in [4.78, 5) is 23.0. The molecular weight excluding hydrogens is 232 g/mol. The highest BCUT2D eigenvalue weighted by atomic mass is 16.3. The highest BCUT2D eigenvalue weighted by Crippen LogP contribution is 2.05. The molecule has 0 aliphatic rings. The van der Waals surface area contributed by atoms with Crippen LogP contribution < -0.4 is 11.1 Å². The molecule has 0 fully saturated rings. The average Bonchev–Trinajstić information content (AvgIpc) is 2.38. The molecule has 0 bridgehead atoms. The molecule has 0 aliphatic carbocycles. The Kier molecular flexibility index (Phi) is 5.32. The van der Waals surface area contributed by atoms with E-state index in [0.29, 0.717) is 12.0 Å². The van der Waals surface area contributed by atoms with Crippen LogP contribution in [0.4, 0.5) is 0 Å². The van der Waals surface area contributed by atoms with Crippen LogP contribution in [-0.2, 0) is 11.4 Å². The highest BCUT2D eigenvalue weighted by Gasteiger charge is 2.17. The van der Waals surface area contributed by atoms with E-state index in [4.69, 9.17) is 10.8 Å². The van der Waals surface area contributed by atoms with Gasteiger partial charge in [-0.3, -0.25) is 9.59 Å². The molecule has 1 aromatic rings. The van der Waals surface area contributed by atoms with Gasteiger partial charge in [-0.2, -0.15) is 0 Å². The predicted octanol–water partition coefficient (Wildman–Crippen LogP) is 0.563. The zero-order valence-electron chi connectivity index (χ0n) is 10.3. The Morgan fingerprint density at radius 3 is 2.39 bits per heavy atom. The van der Waals surface area contributed by atoms with Gasteiger partial charge in [-0.1, -0.05) is 25.5 Å². The Bertz CT molecular complexity index is 415. The van der Waals surface area contributed by atoms with Crippen molar-refractivity contribution in [3.05, 3.63) is 35.4 Å². The van der Waals surface area contributed by atoms with E-state index >= 15 is 0 Å². The van der Waals surface area contributed by atoms with Crippen molar-refractivity contribution in [2.45, 2.75) is 32.4 Å². The molecule has 0 aromatic heterocycles. The van der Waals surface area contributed by atoms with Crippen molar-refractivity contribution in [1.29, 1.82) is 0 Å². The van der Waals surface area contributed by atoms with Crippen molar-refractivity contribution in [1.82, 2.24) is 5.32 Å². The second-order valence-corrected chi connectivity index (χ2v) is 4.07. The molecule has 5 heteroatoms. The van der Waals surface area contributed by atoms with E-state index in [-0.39, 0.29) is 12.5 Å². The van der Waals surface area contributed by atoms with Crippen LogP contribution >= 0.6 is 0 Å². The van der Waals surface area contributed by atoms with Crippen LogP contribution in [0.25, 0.3) is 0 Å². The van der Waals surface area contributed by atoms with Crippen LogP contribution in [0.3, 0.4) is 0 Å². The number of primary amides is 1. The lowest BCUT2D eigenvalue weighted by molar-refractivity contribution is -0.120. The number of nitrogens with one attached hydrogen (secondary N) is 1. The van der Waals surface area contributed by atoms with Crippen LogP contribution in [0.5, 0.6) is 0 Å². The molecule has 1 rings (SSSR count). The number of carbonyl (C=O) groups is 2. The quantitative estimate of drug-likeness (QED) is 0.689. The fraction of sp³-hybridized carbons (Fsp3) is 0.385. The molecule has 4 N–H and O–H groups in total. The number of hydrogen-bond acceptors (Lipinski definition) is 3. The zero-order chi connectivity index (χ0) is 13.5. The third-order valence-corrected chi connectivity index (χ3v) is 2.62. The topological polar surface area (TPSA) is 92.4 Å². The second-order valence-electron chi connectivity index (χ2n) is 4.07. The maximum Gasteiger partial charge on any atom is 0.251 e. The van der Waals surface area contributed by atoms with E-state index in [1.165, 1.54) is 0 Å². The van der Waals surface area contributed by atoms with Gasteiger partial charge in [0.2, 0.25) is 5.91 Å². The lowest BCUT2D eigenvalue weighted by Gasteiger charge is -2.14. The van der Waals surface area contributed by atoms with Crippen LogP contribution in [0.15, 0.2) is 24.3 Å². The zero-order valence-corrected chi connectivity index (χ0v) is 10.3. The van der Waals surface area contributed by atoms with Gasteiger partial charge in [0.05, 0.1) is 6.61 Å². The molecule has 1 atom stereocenters. The van der Waals surface area contributed by atoms with Crippen LogP contribution in [0.2, 0.25) is 0 Å². The van der Waals surface area contributed by atoms with Gasteiger partial charge in [0.25, 0.3) is 5.91 Å². The molecular formula is C13H18N2O3. The first kappa shape index (κ1) is 14.2. The molecule has 0 spiro atoms. The Morgan fingerprint density at radius 2 is 1.94 bits per heavy atom. The summed E-state index contributed by atoms with van der Waals surface area (Å²) in [5.74, 6) is -0.867. The average molecular weight is 250 g/mol. The molecule has 1 aromatic carbocycles. The van der Waals surface area contributed by atoms with Crippen molar-refractivity contribution in [3.8, 4) is 0 Å². The predicted molar refractivity (Wildman–Crippen MR) is 67.7 cm³/mol. The Labute approximate surface area is 106 Å².